The molecule has 1 fully saturated rings. The van der Waals surface area contributed by atoms with Gasteiger partial charge in [0.05, 0.1) is 24.8 Å². The van der Waals surface area contributed by atoms with Crippen LogP contribution >= 0.6 is 15.9 Å². The van der Waals surface area contributed by atoms with Crippen molar-refractivity contribution in [3.63, 3.8) is 0 Å². The van der Waals surface area contributed by atoms with Crippen LogP contribution in [0.4, 0.5) is 0 Å². The predicted molar refractivity (Wildman–Crippen MR) is 130 cm³/mol. The number of benzene rings is 2. The zero-order valence-electron chi connectivity index (χ0n) is 19.3. The third-order valence-corrected chi connectivity index (χ3v) is 5.86. The maximum atomic E-state index is 13.1. The number of likely N-dealkylation sites (tertiary alicyclic amines) is 1. The number of hydrogen-bond acceptors (Lipinski definition) is 6. The number of rotatable bonds is 9. The van der Waals surface area contributed by atoms with Crippen LogP contribution in [0.2, 0.25) is 0 Å². The maximum Gasteiger partial charge on any atom is 0.295 e. The van der Waals surface area contributed by atoms with E-state index in [0.29, 0.717) is 48.9 Å². The molecule has 0 aliphatic carbocycles. The fraction of sp³-hybridized carbons (Fsp3) is 0.360. The fourth-order valence-electron chi connectivity index (χ4n) is 3.77. The second-order valence-corrected chi connectivity index (χ2v) is 8.79. The Labute approximate surface area is 202 Å². The average Bonchev–Trinajstić information content (AvgIpc) is 3.04. The van der Waals surface area contributed by atoms with Gasteiger partial charge < -0.3 is 24.4 Å². The molecule has 0 spiro atoms. The van der Waals surface area contributed by atoms with Crippen molar-refractivity contribution in [3.05, 3.63) is 63.6 Å². The van der Waals surface area contributed by atoms with Crippen LogP contribution in [0.25, 0.3) is 5.76 Å². The van der Waals surface area contributed by atoms with Gasteiger partial charge in [-0.2, -0.15) is 0 Å². The van der Waals surface area contributed by atoms with Crippen molar-refractivity contribution < 1.29 is 24.2 Å². The molecule has 1 aliphatic rings. The molecule has 0 radical (unpaired) electrons. The highest BCUT2D eigenvalue weighted by atomic mass is 79.9. The molecule has 0 saturated carbocycles. The van der Waals surface area contributed by atoms with Gasteiger partial charge >= 0.3 is 0 Å². The van der Waals surface area contributed by atoms with Crippen molar-refractivity contribution in [2.24, 2.45) is 0 Å². The summed E-state index contributed by atoms with van der Waals surface area (Å²) in [6, 6.07) is 11.6. The number of hydrogen-bond donors (Lipinski definition) is 1. The highest BCUT2D eigenvalue weighted by Crippen LogP contribution is 2.42. The molecule has 1 amide bonds. The highest BCUT2D eigenvalue weighted by Gasteiger charge is 2.46. The van der Waals surface area contributed by atoms with E-state index in [2.05, 4.69) is 15.9 Å². The summed E-state index contributed by atoms with van der Waals surface area (Å²) in [5.41, 5.74) is 1.19. The molecule has 1 atom stereocenters. The van der Waals surface area contributed by atoms with Crippen LogP contribution in [0.15, 0.2) is 52.5 Å². The molecule has 1 saturated heterocycles. The number of amides is 1. The zero-order chi connectivity index (χ0) is 24.1. The summed E-state index contributed by atoms with van der Waals surface area (Å²) < 4.78 is 12.3. The molecule has 0 unspecified atom stereocenters. The zero-order valence-corrected chi connectivity index (χ0v) is 20.9. The molecule has 8 heteroatoms. The first-order valence-electron chi connectivity index (χ1n) is 10.9. The third kappa shape index (κ3) is 5.39. The second kappa shape index (κ2) is 10.9. The molecule has 0 aromatic heterocycles. The molecule has 1 N–H and O–H groups in total. The first-order valence-corrected chi connectivity index (χ1v) is 11.7. The minimum Gasteiger partial charge on any atom is -0.507 e. The number of likely N-dealkylation sites (N-methyl/N-ethyl adjacent to an activating group) is 1. The Balaban J connectivity index is 2.17. The Morgan fingerprint density at radius 1 is 1.03 bits per heavy atom. The van der Waals surface area contributed by atoms with Crippen LogP contribution in [0, 0.1) is 0 Å². The van der Waals surface area contributed by atoms with E-state index in [1.165, 1.54) is 4.90 Å². The van der Waals surface area contributed by atoms with Crippen molar-refractivity contribution in [2.45, 2.75) is 19.9 Å². The van der Waals surface area contributed by atoms with Gasteiger partial charge in [-0.1, -0.05) is 34.1 Å². The molecule has 3 rings (SSSR count). The third-order valence-electron chi connectivity index (χ3n) is 5.33. The minimum absolute atomic E-state index is 0.0627. The van der Waals surface area contributed by atoms with Crippen LogP contribution in [-0.4, -0.2) is 67.0 Å². The summed E-state index contributed by atoms with van der Waals surface area (Å²) in [6.45, 7) is 5.57. The maximum absolute atomic E-state index is 13.1. The molecule has 33 heavy (non-hydrogen) atoms. The SMILES string of the molecule is CCOc1ccc([C@H]2/C(=C(\O)c3ccc(Br)cc3)C(=O)C(=O)N2CCN(C)C)cc1OCC. The molecule has 0 bridgehead atoms. The van der Waals surface area contributed by atoms with E-state index in [1.807, 2.05) is 38.9 Å². The summed E-state index contributed by atoms with van der Waals surface area (Å²) in [4.78, 5) is 29.6. The van der Waals surface area contributed by atoms with Gasteiger partial charge in [0.25, 0.3) is 11.7 Å². The standard InChI is InChI=1S/C25H29BrN2O5/c1-5-32-19-12-9-17(15-20(19)33-6-2)22-21(23(29)16-7-10-18(26)11-8-16)24(30)25(31)28(22)14-13-27(3)4/h7-12,15,22,29H,5-6,13-14H2,1-4H3/b23-21+/t22-/m0/s1. The lowest BCUT2D eigenvalue weighted by atomic mass is 9.95. The number of nitrogens with zero attached hydrogens (tertiary/aromatic N) is 2. The number of ketones is 1. The van der Waals surface area contributed by atoms with E-state index < -0.39 is 17.7 Å². The lowest BCUT2D eigenvalue weighted by Crippen LogP contribution is -2.35. The first kappa shape index (κ1) is 24.8. The average molecular weight is 517 g/mol. The van der Waals surface area contributed by atoms with Crippen molar-refractivity contribution in [1.82, 2.24) is 9.80 Å². The highest BCUT2D eigenvalue weighted by molar-refractivity contribution is 9.10. The number of halogens is 1. The van der Waals surface area contributed by atoms with Gasteiger partial charge in [0.2, 0.25) is 0 Å². The van der Waals surface area contributed by atoms with E-state index in [1.54, 1.807) is 36.4 Å². The molecule has 2 aromatic carbocycles. The van der Waals surface area contributed by atoms with Crippen LogP contribution < -0.4 is 9.47 Å². The number of Topliss-reactive ketones (excluding diaryl/α,β-unsaturated/α-hetero) is 1. The minimum atomic E-state index is -0.747. The quantitative estimate of drug-likeness (QED) is 0.305. The van der Waals surface area contributed by atoms with Crippen molar-refractivity contribution in [1.29, 1.82) is 0 Å². The number of carbonyl (C=O) groups is 2. The van der Waals surface area contributed by atoms with Gasteiger partial charge in [-0.05, 0) is 57.8 Å². The normalized spacial score (nSPS) is 17.6. The van der Waals surface area contributed by atoms with Crippen LogP contribution in [0.5, 0.6) is 11.5 Å². The lowest BCUT2D eigenvalue weighted by molar-refractivity contribution is -0.140. The largest absolute Gasteiger partial charge is 0.507 e. The van der Waals surface area contributed by atoms with Crippen LogP contribution in [0.3, 0.4) is 0 Å². The van der Waals surface area contributed by atoms with Gasteiger partial charge in [-0.25, -0.2) is 0 Å². The summed E-state index contributed by atoms with van der Waals surface area (Å²) >= 11 is 3.38. The van der Waals surface area contributed by atoms with Gasteiger partial charge in [0.15, 0.2) is 11.5 Å². The van der Waals surface area contributed by atoms with Crippen molar-refractivity contribution in [2.75, 3.05) is 40.4 Å². The molecular formula is C25H29BrN2O5. The van der Waals surface area contributed by atoms with Crippen LogP contribution in [-0.2, 0) is 9.59 Å². The molecular weight excluding hydrogens is 488 g/mol. The topological polar surface area (TPSA) is 79.3 Å². The Morgan fingerprint density at radius 2 is 1.67 bits per heavy atom. The Kier molecular flexibility index (Phi) is 8.15. The van der Waals surface area contributed by atoms with E-state index in [0.717, 1.165) is 4.47 Å². The van der Waals surface area contributed by atoms with Crippen LogP contribution in [0.1, 0.15) is 31.0 Å². The molecule has 7 nitrogen and oxygen atoms in total. The van der Waals surface area contributed by atoms with Crippen molar-refractivity contribution in [3.8, 4) is 11.5 Å². The predicted octanol–water partition coefficient (Wildman–Crippen LogP) is 4.23. The second-order valence-electron chi connectivity index (χ2n) is 7.87. The van der Waals surface area contributed by atoms with E-state index in [-0.39, 0.29) is 11.3 Å². The Hall–Kier alpha value is -2.84. The molecule has 176 valence electrons. The number of ether oxygens (including phenoxy) is 2. The van der Waals surface area contributed by atoms with Gasteiger partial charge in [0.1, 0.15) is 5.76 Å². The Morgan fingerprint density at radius 3 is 2.27 bits per heavy atom. The Bertz CT molecular complexity index is 1050. The first-order chi connectivity index (χ1) is 15.8. The molecule has 1 aliphatic heterocycles. The van der Waals surface area contributed by atoms with Gasteiger partial charge in [-0.15, -0.1) is 0 Å². The number of carbonyl (C=O) groups excluding carboxylic acids is 2. The van der Waals surface area contributed by atoms with Crippen molar-refractivity contribution >= 4 is 33.4 Å². The number of aliphatic hydroxyl groups is 1. The smallest absolute Gasteiger partial charge is 0.295 e. The summed E-state index contributed by atoms with van der Waals surface area (Å²) in [6.07, 6.45) is 0. The monoisotopic (exact) mass is 516 g/mol. The summed E-state index contributed by atoms with van der Waals surface area (Å²) in [5, 5.41) is 11.1. The lowest BCUT2D eigenvalue weighted by Gasteiger charge is -2.27. The van der Waals surface area contributed by atoms with E-state index in [4.69, 9.17) is 9.47 Å². The fourth-order valence-corrected chi connectivity index (χ4v) is 4.03. The van der Waals surface area contributed by atoms with E-state index >= 15 is 0 Å². The van der Waals surface area contributed by atoms with E-state index in [9.17, 15) is 14.7 Å². The molecule has 2 aromatic rings. The van der Waals surface area contributed by atoms with Gasteiger partial charge in [0, 0.05) is 23.1 Å². The number of aliphatic hydroxyl groups excluding tert-OH is 1. The summed E-state index contributed by atoms with van der Waals surface area (Å²) in [5.74, 6) is -0.427. The molecule has 1 heterocycles. The van der Waals surface area contributed by atoms with Gasteiger partial charge in [-0.3, -0.25) is 9.59 Å². The summed E-state index contributed by atoms with van der Waals surface area (Å²) in [7, 11) is 3.80.